The van der Waals surface area contributed by atoms with Gasteiger partial charge in [-0.05, 0) is 69.1 Å². The van der Waals surface area contributed by atoms with Crippen LogP contribution >= 0.6 is 0 Å². The van der Waals surface area contributed by atoms with Crippen molar-refractivity contribution in [3.63, 3.8) is 0 Å². The minimum absolute atomic E-state index is 0.00437. The Bertz CT molecular complexity index is 444. The van der Waals surface area contributed by atoms with Gasteiger partial charge in [-0.15, -0.1) is 0 Å². The van der Waals surface area contributed by atoms with E-state index in [4.69, 9.17) is 0 Å². The van der Waals surface area contributed by atoms with Gasteiger partial charge in [-0.25, -0.2) is 0 Å². The van der Waals surface area contributed by atoms with Crippen molar-refractivity contribution in [2.24, 2.45) is 23.2 Å². The Balaban J connectivity index is 1.41. The summed E-state index contributed by atoms with van der Waals surface area (Å²) in [5.41, 5.74) is -0.00437. The van der Waals surface area contributed by atoms with Crippen LogP contribution in [0.2, 0.25) is 0 Å². The summed E-state index contributed by atoms with van der Waals surface area (Å²) in [7, 11) is 0. The molecule has 4 heteroatoms. The van der Waals surface area contributed by atoms with Gasteiger partial charge in [-0.2, -0.15) is 0 Å². The largest absolute Gasteiger partial charge is 0.353 e. The smallest absolute Gasteiger partial charge is 0.228 e. The number of nitrogens with zero attached hydrogens (tertiary/aromatic N) is 1. The van der Waals surface area contributed by atoms with Crippen LogP contribution < -0.4 is 5.32 Å². The van der Waals surface area contributed by atoms with Gasteiger partial charge in [0.2, 0.25) is 11.8 Å². The van der Waals surface area contributed by atoms with Crippen LogP contribution in [0.15, 0.2) is 0 Å². The van der Waals surface area contributed by atoms with Gasteiger partial charge in [0.05, 0.1) is 5.41 Å². The molecule has 4 saturated carbocycles. The third kappa shape index (κ3) is 2.44. The Morgan fingerprint density at radius 2 is 1.45 bits per heavy atom. The summed E-state index contributed by atoms with van der Waals surface area (Å²) < 4.78 is 0. The van der Waals surface area contributed by atoms with E-state index >= 15 is 0 Å². The molecule has 0 aromatic rings. The van der Waals surface area contributed by atoms with Gasteiger partial charge in [0.25, 0.3) is 0 Å². The van der Waals surface area contributed by atoms with Crippen molar-refractivity contribution >= 4 is 11.8 Å². The van der Waals surface area contributed by atoms with E-state index in [1.54, 1.807) is 6.92 Å². The van der Waals surface area contributed by atoms with Crippen LogP contribution in [0.1, 0.15) is 58.3 Å². The Labute approximate surface area is 133 Å². The fraction of sp³-hybridized carbons (Fsp3) is 0.889. The lowest BCUT2D eigenvalue weighted by Crippen LogP contribution is -2.56. The van der Waals surface area contributed by atoms with Gasteiger partial charge in [0.15, 0.2) is 0 Å². The lowest BCUT2D eigenvalue weighted by atomic mass is 9.49. The number of amides is 2. The minimum Gasteiger partial charge on any atom is -0.353 e. The van der Waals surface area contributed by atoms with E-state index in [0.717, 1.165) is 62.9 Å². The van der Waals surface area contributed by atoms with E-state index in [1.807, 2.05) is 0 Å². The van der Waals surface area contributed by atoms with Crippen LogP contribution in [-0.4, -0.2) is 35.8 Å². The maximum atomic E-state index is 13.2. The van der Waals surface area contributed by atoms with Gasteiger partial charge >= 0.3 is 0 Å². The molecule has 22 heavy (non-hydrogen) atoms. The summed E-state index contributed by atoms with van der Waals surface area (Å²) in [6, 6.07) is 0.262. The maximum absolute atomic E-state index is 13.2. The number of carbonyl (C=O) groups is 2. The summed E-state index contributed by atoms with van der Waals surface area (Å²) in [5, 5.41) is 3.00. The van der Waals surface area contributed by atoms with Crippen molar-refractivity contribution < 1.29 is 9.59 Å². The van der Waals surface area contributed by atoms with E-state index in [0.29, 0.717) is 5.91 Å². The molecule has 4 nitrogen and oxygen atoms in total. The molecule has 5 rings (SSSR count). The molecule has 1 heterocycles. The predicted octanol–water partition coefficient (Wildman–Crippen LogP) is 2.33. The Morgan fingerprint density at radius 1 is 0.955 bits per heavy atom. The molecular formula is C18H28N2O2. The first-order valence-electron chi connectivity index (χ1n) is 9.10. The van der Waals surface area contributed by atoms with Crippen molar-refractivity contribution in [3.8, 4) is 0 Å². The van der Waals surface area contributed by atoms with Crippen LogP contribution in [0.3, 0.4) is 0 Å². The second-order valence-electron chi connectivity index (χ2n) is 8.46. The number of nitrogens with one attached hydrogen (secondary N) is 1. The molecule has 0 spiro atoms. The number of hydrogen-bond donors (Lipinski definition) is 1. The number of rotatable bonds is 2. The molecule has 1 aliphatic heterocycles. The third-order valence-corrected chi connectivity index (χ3v) is 6.68. The SMILES string of the molecule is CC(=O)NC1CCN(C(=O)C23CC4CC(CC(C4)C2)C3)CC1. The number of hydrogen-bond acceptors (Lipinski definition) is 2. The standard InChI is InChI=1S/C18H28N2O2/c1-12(21)19-16-2-4-20(5-3-16)17(22)18-9-13-6-14(10-18)8-15(7-13)11-18/h13-16H,2-11H2,1H3,(H,19,21). The van der Waals surface area contributed by atoms with E-state index in [1.165, 1.54) is 19.3 Å². The zero-order valence-corrected chi connectivity index (χ0v) is 13.6. The average Bonchev–Trinajstić information content (AvgIpc) is 2.45. The van der Waals surface area contributed by atoms with E-state index < -0.39 is 0 Å². The second-order valence-corrected chi connectivity index (χ2v) is 8.46. The normalized spacial score (nSPS) is 40.8. The number of likely N-dealkylation sites (tertiary alicyclic amines) is 1. The summed E-state index contributed by atoms with van der Waals surface area (Å²) in [6.45, 7) is 3.23. The number of piperidine rings is 1. The second kappa shape index (κ2) is 5.24. The molecule has 0 atom stereocenters. The first kappa shape index (κ1) is 14.5. The molecule has 122 valence electrons. The molecule has 0 aromatic heterocycles. The first-order valence-corrected chi connectivity index (χ1v) is 9.10. The van der Waals surface area contributed by atoms with E-state index in [2.05, 4.69) is 10.2 Å². The number of carbonyl (C=O) groups excluding carboxylic acids is 2. The van der Waals surface area contributed by atoms with Crippen LogP contribution in [0.25, 0.3) is 0 Å². The fourth-order valence-corrected chi connectivity index (χ4v) is 6.22. The van der Waals surface area contributed by atoms with Crippen molar-refractivity contribution in [1.82, 2.24) is 10.2 Å². The van der Waals surface area contributed by atoms with Gasteiger partial charge in [-0.1, -0.05) is 0 Å². The van der Waals surface area contributed by atoms with Crippen molar-refractivity contribution in [3.05, 3.63) is 0 Å². The Kier molecular flexibility index (Phi) is 3.46. The molecule has 0 aromatic carbocycles. The highest BCUT2D eigenvalue weighted by atomic mass is 16.2. The monoisotopic (exact) mass is 304 g/mol. The molecule has 2 amide bonds. The fourth-order valence-electron chi connectivity index (χ4n) is 6.22. The van der Waals surface area contributed by atoms with Gasteiger partial charge in [0, 0.05) is 26.1 Å². The molecule has 5 aliphatic rings. The highest BCUT2D eigenvalue weighted by Crippen LogP contribution is 2.60. The van der Waals surface area contributed by atoms with E-state index in [9.17, 15) is 9.59 Å². The van der Waals surface area contributed by atoms with Crippen molar-refractivity contribution in [2.45, 2.75) is 64.3 Å². The minimum atomic E-state index is -0.00437. The molecule has 5 fully saturated rings. The lowest BCUT2D eigenvalue weighted by molar-refractivity contribution is -0.158. The van der Waals surface area contributed by atoms with Crippen LogP contribution in [-0.2, 0) is 9.59 Å². The summed E-state index contributed by atoms with van der Waals surface area (Å²) in [5.74, 6) is 2.98. The molecule has 1 N–H and O–H groups in total. The predicted molar refractivity (Wildman–Crippen MR) is 84.0 cm³/mol. The van der Waals surface area contributed by atoms with Crippen molar-refractivity contribution in [1.29, 1.82) is 0 Å². The van der Waals surface area contributed by atoms with Crippen LogP contribution in [0.4, 0.5) is 0 Å². The third-order valence-electron chi connectivity index (χ3n) is 6.68. The van der Waals surface area contributed by atoms with Crippen LogP contribution in [0.5, 0.6) is 0 Å². The highest BCUT2D eigenvalue weighted by molar-refractivity contribution is 5.83. The summed E-state index contributed by atoms with van der Waals surface area (Å²) in [4.78, 5) is 26.5. The first-order chi connectivity index (χ1) is 10.5. The van der Waals surface area contributed by atoms with Gasteiger partial charge in [-0.3, -0.25) is 9.59 Å². The van der Waals surface area contributed by atoms with Gasteiger partial charge in [0.1, 0.15) is 0 Å². The lowest BCUT2D eigenvalue weighted by Gasteiger charge is -2.57. The maximum Gasteiger partial charge on any atom is 0.228 e. The Hall–Kier alpha value is -1.06. The van der Waals surface area contributed by atoms with Crippen LogP contribution in [0, 0.1) is 23.2 Å². The van der Waals surface area contributed by atoms with Crippen molar-refractivity contribution in [2.75, 3.05) is 13.1 Å². The van der Waals surface area contributed by atoms with E-state index in [-0.39, 0.29) is 17.4 Å². The summed E-state index contributed by atoms with van der Waals surface area (Å²) >= 11 is 0. The quantitative estimate of drug-likeness (QED) is 0.851. The van der Waals surface area contributed by atoms with Gasteiger partial charge < -0.3 is 10.2 Å². The molecule has 1 saturated heterocycles. The zero-order valence-electron chi connectivity index (χ0n) is 13.6. The molecule has 4 aliphatic carbocycles. The highest BCUT2D eigenvalue weighted by Gasteiger charge is 2.55. The molecular weight excluding hydrogens is 276 g/mol. The summed E-state index contributed by atoms with van der Waals surface area (Å²) in [6.07, 6.45) is 9.46. The molecule has 4 bridgehead atoms. The average molecular weight is 304 g/mol. The molecule has 0 radical (unpaired) electrons. The Morgan fingerprint density at radius 3 is 1.91 bits per heavy atom. The molecule has 0 unspecified atom stereocenters. The zero-order chi connectivity index (χ0) is 15.3. The topological polar surface area (TPSA) is 49.4 Å².